The normalized spacial score (nSPS) is 23.9. The van der Waals surface area contributed by atoms with Gasteiger partial charge in [-0.15, -0.1) is 24.0 Å². The van der Waals surface area contributed by atoms with Gasteiger partial charge in [0.25, 0.3) is 0 Å². The highest BCUT2D eigenvalue weighted by Gasteiger charge is 2.29. The second-order valence-corrected chi connectivity index (χ2v) is 7.05. The third-order valence-electron chi connectivity index (χ3n) is 2.89. The maximum atomic E-state index is 4.71. The molecule has 0 aromatic carbocycles. The molecule has 1 saturated heterocycles. The fourth-order valence-corrected chi connectivity index (χ4v) is 3.08. The van der Waals surface area contributed by atoms with E-state index in [4.69, 9.17) is 4.99 Å². The van der Waals surface area contributed by atoms with Crippen LogP contribution >= 0.6 is 35.7 Å². The van der Waals surface area contributed by atoms with Crippen molar-refractivity contribution in [2.24, 2.45) is 10.9 Å². The number of hydrogen-bond donors (Lipinski definition) is 2. The number of guanidine groups is 1. The van der Waals surface area contributed by atoms with E-state index < -0.39 is 0 Å². The summed E-state index contributed by atoms with van der Waals surface area (Å²) in [5.74, 6) is 2.91. The molecule has 1 aliphatic heterocycles. The van der Waals surface area contributed by atoms with E-state index in [0.717, 1.165) is 25.6 Å². The Morgan fingerprint density at radius 3 is 2.61 bits per heavy atom. The van der Waals surface area contributed by atoms with Crippen LogP contribution in [-0.4, -0.2) is 36.1 Å². The van der Waals surface area contributed by atoms with Crippen molar-refractivity contribution in [3.63, 3.8) is 0 Å². The molecule has 0 aromatic rings. The number of rotatable bonds is 5. The van der Waals surface area contributed by atoms with Crippen molar-refractivity contribution < 1.29 is 0 Å². The molecule has 0 bridgehead atoms. The maximum Gasteiger partial charge on any atom is 0.191 e. The fourth-order valence-electron chi connectivity index (χ4n) is 1.85. The molecule has 1 heterocycles. The molecule has 18 heavy (non-hydrogen) atoms. The molecule has 1 fully saturated rings. The van der Waals surface area contributed by atoms with Crippen molar-refractivity contribution in [2.75, 3.05) is 25.4 Å². The summed E-state index contributed by atoms with van der Waals surface area (Å²) in [5.41, 5.74) is 0. The van der Waals surface area contributed by atoms with Crippen LogP contribution in [0.25, 0.3) is 0 Å². The van der Waals surface area contributed by atoms with Crippen molar-refractivity contribution in [3.8, 4) is 0 Å². The van der Waals surface area contributed by atoms with Gasteiger partial charge in [-0.25, -0.2) is 0 Å². The smallest absolute Gasteiger partial charge is 0.191 e. The van der Waals surface area contributed by atoms with Crippen molar-refractivity contribution >= 4 is 41.7 Å². The van der Waals surface area contributed by atoms with Gasteiger partial charge in [0.15, 0.2) is 5.96 Å². The van der Waals surface area contributed by atoms with Gasteiger partial charge in [0.05, 0.1) is 6.54 Å². The monoisotopic (exact) mass is 385 g/mol. The zero-order valence-electron chi connectivity index (χ0n) is 12.1. The first-order valence-electron chi connectivity index (χ1n) is 6.72. The topological polar surface area (TPSA) is 36.4 Å². The second kappa shape index (κ2) is 9.28. The molecule has 1 unspecified atom stereocenters. The zero-order chi connectivity index (χ0) is 12.7. The molecule has 0 aliphatic carbocycles. The first-order valence-corrected chi connectivity index (χ1v) is 7.70. The van der Waals surface area contributed by atoms with Crippen LogP contribution in [0.1, 0.15) is 40.5 Å². The van der Waals surface area contributed by atoms with Gasteiger partial charge in [0, 0.05) is 17.8 Å². The molecule has 0 aromatic heterocycles. The molecular weight excluding hydrogens is 357 g/mol. The van der Waals surface area contributed by atoms with Crippen LogP contribution in [0.2, 0.25) is 0 Å². The van der Waals surface area contributed by atoms with Gasteiger partial charge in [0.2, 0.25) is 0 Å². The predicted octanol–water partition coefficient (Wildman–Crippen LogP) is 3.10. The molecule has 0 amide bonds. The highest BCUT2D eigenvalue weighted by Crippen LogP contribution is 2.37. The molecule has 3 nitrogen and oxygen atoms in total. The minimum absolute atomic E-state index is 0. The van der Waals surface area contributed by atoms with Gasteiger partial charge in [-0.2, -0.15) is 11.8 Å². The summed E-state index contributed by atoms with van der Waals surface area (Å²) in [6.07, 6.45) is 2.64. The minimum Gasteiger partial charge on any atom is -0.357 e. The Morgan fingerprint density at radius 2 is 2.11 bits per heavy atom. The summed E-state index contributed by atoms with van der Waals surface area (Å²) < 4.78 is 0.361. The summed E-state index contributed by atoms with van der Waals surface area (Å²) in [6.45, 7) is 11.7. The van der Waals surface area contributed by atoms with Crippen LogP contribution in [-0.2, 0) is 0 Å². The van der Waals surface area contributed by atoms with Crippen molar-refractivity contribution in [2.45, 2.75) is 45.3 Å². The lowest BCUT2D eigenvalue weighted by atomic mass is 10.1. The van der Waals surface area contributed by atoms with E-state index in [1.165, 1.54) is 18.6 Å². The number of hydrogen-bond acceptors (Lipinski definition) is 2. The van der Waals surface area contributed by atoms with Crippen LogP contribution in [0.15, 0.2) is 4.99 Å². The molecule has 1 rings (SSSR count). The van der Waals surface area contributed by atoms with Gasteiger partial charge in [-0.1, -0.05) is 13.8 Å². The lowest BCUT2D eigenvalue weighted by Crippen LogP contribution is -2.40. The number of nitrogens with one attached hydrogen (secondary N) is 2. The first-order chi connectivity index (χ1) is 8.06. The zero-order valence-corrected chi connectivity index (χ0v) is 15.2. The van der Waals surface area contributed by atoms with Crippen molar-refractivity contribution in [3.05, 3.63) is 0 Å². The average Bonchev–Trinajstić information content (AvgIpc) is 2.70. The summed E-state index contributed by atoms with van der Waals surface area (Å²) in [4.78, 5) is 4.71. The van der Waals surface area contributed by atoms with Gasteiger partial charge >= 0.3 is 0 Å². The summed E-state index contributed by atoms with van der Waals surface area (Å²) in [5, 5.41) is 6.70. The Hall–Kier alpha value is 0.350. The molecular formula is C13H28IN3S. The van der Waals surface area contributed by atoms with E-state index in [1.54, 1.807) is 0 Å². The second-order valence-electron chi connectivity index (χ2n) is 5.37. The predicted molar refractivity (Wildman–Crippen MR) is 94.3 cm³/mol. The number of thioether (sulfide) groups is 1. The van der Waals surface area contributed by atoms with Crippen molar-refractivity contribution in [1.82, 2.24) is 10.6 Å². The molecule has 1 aliphatic rings. The van der Waals surface area contributed by atoms with E-state index in [1.807, 2.05) is 0 Å². The Balaban J connectivity index is 0.00000289. The molecule has 5 heteroatoms. The SMILES string of the molecule is CCNC(=NCC1(C)CCCS1)NCC(C)C.I. The number of nitrogens with zero attached hydrogens (tertiary/aromatic N) is 1. The van der Waals surface area contributed by atoms with E-state index in [0.29, 0.717) is 10.7 Å². The fraction of sp³-hybridized carbons (Fsp3) is 0.923. The Labute approximate surface area is 133 Å². The first kappa shape index (κ1) is 18.4. The average molecular weight is 385 g/mol. The summed E-state index contributed by atoms with van der Waals surface area (Å²) >= 11 is 2.07. The van der Waals surface area contributed by atoms with E-state index in [-0.39, 0.29) is 24.0 Å². The van der Waals surface area contributed by atoms with Gasteiger partial charge in [-0.05, 0) is 38.4 Å². The van der Waals surface area contributed by atoms with Crippen LogP contribution in [0.5, 0.6) is 0 Å². The lowest BCUT2D eigenvalue weighted by molar-refractivity contribution is 0.598. The van der Waals surface area contributed by atoms with Gasteiger partial charge in [-0.3, -0.25) is 4.99 Å². The van der Waals surface area contributed by atoms with E-state index in [2.05, 4.69) is 50.1 Å². The molecule has 1 atom stereocenters. The summed E-state index contributed by atoms with van der Waals surface area (Å²) in [7, 11) is 0. The summed E-state index contributed by atoms with van der Waals surface area (Å²) in [6, 6.07) is 0. The van der Waals surface area contributed by atoms with Gasteiger partial charge in [0.1, 0.15) is 0 Å². The Morgan fingerprint density at radius 1 is 1.39 bits per heavy atom. The van der Waals surface area contributed by atoms with Crippen LogP contribution < -0.4 is 10.6 Å². The molecule has 0 spiro atoms. The van der Waals surface area contributed by atoms with E-state index >= 15 is 0 Å². The van der Waals surface area contributed by atoms with E-state index in [9.17, 15) is 0 Å². The molecule has 2 N–H and O–H groups in total. The molecule has 108 valence electrons. The Bertz CT molecular complexity index is 251. The van der Waals surface area contributed by atoms with Crippen LogP contribution in [0.4, 0.5) is 0 Å². The molecule has 0 radical (unpaired) electrons. The lowest BCUT2D eigenvalue weighted by Gasteiger charge is -2.21. The quantitative estimate of drug-likeness (QED) is 0.434. The highest BCUT2D eigenvalue weighted by atomic mass is 127. The van der Waals surface area contributed by atoms with Gasteiger partial charge < -0.3 is 10.6 Å². The third-order valence-corrected chi connectivity index (χ3v) is 4.42. The Kier molecular flexibility index (Phi) is 9.47. The van der Waals surface area contributed by atoms with Crippen molar-refractivity contribution in [1.29, 1.82) is 0 Å². The van der Waals surface area contributed by atoms with Crippen LogP contribution in [0, 0.1) is 5.92 Å². The third kappa shape index (κ3) is 7.07. The standard InChI is InChI=1S/C13H27N3S.HI/c1-5-14-12(15-9-11(2)3)16-10-13(4)7-6-8-17-13;/h11H,5-10H2,1-4H3,(H2,14,15,16);1H. The maximum absolute atomic E-state index is 4.71. The largest absolute Gasteiger partial charge is 0.357 e. The highest BCUT2D eigenvalue weighted by molar-refractivity contribution is 14.0. The van der Waals surface area contributed by atoms with Crippen LogP contribution in [0.3, 0.4) is 0 Å². The number of aliphatic imine (C=N–C) groups is 1. The minimum atomic E-state index is 0. The number of halogens is 1. The molecule has 0 saturated carbocycles.